The summed E-state index contributed by atoms with van der Waals surface area (Å²) in [6.45, 7) is 0. The largest absolute Gasteiger partial charge is 0.465 e. The Morgan fingerprint density at radius 2 is 2.00 bits per heavy atom. The molecular weight excluding hydrogens is 293 g/mol. The second kappa shape index (κ2) is 6.17. The van der Waals surface area contributed by atoms with Gasteiger partial charge in [0.2, 0.25) is 0 Å². The first-order chi connectivity index (χ1) is 10.4. The zero-order chi connectivity index (χ0) is 16.3. The number of ether oxygens (including phenoxy) is 1. The van der Waals surface area contributed by atoms with Gasteiger partial charge in [0, 0.05) is 18.8 Å². The Hall–Kier alpha value is -3.03. The van der Waals surface area contributed by atoms with Gasteiger partial charge in [0.15, 0.2) is 0 Å². The molecule has 1 aromatic heterocycles. The van der Waals surface area contributed by atoms with Crippen molar-refractivity contribution >= 4 is 17.6 Å². The number of halogens is 1. The van der Waals surface area contributed by atoms with E-state index >= 15 is 0 Å². The van der Waals surface area contributed by atoms with Crippen LogP contribution in [0.3, 0.4) is 0 Å². The Morgan fingerprint density at radius 1 is 1.27 bits per heavy atom. The SMILES string of the molecule is COC(=O)c1cc(NC(=O)c2ccc(=O)n(C)n2)ccc1F. The number of anilines is 1. The van der Waals surface area contributed by atoms with E-state index < -0.39 is 17.7 Å². The number of nitrogens with zero attached hydrogens (tertiary/aromatic N) is 2. The quantitative estimate of drug-likeness (QED) is 0.853. The van der Waals surface area contributed by atoms with E-state index in [1.807, 2.05) is 0 Å². The summed E-state index contributed by atoms with van der Waals surface area (Å²) in [7, 11) is 2.54. The summed E-state index contributed by atoms with van der Waals surface area (Å²) in [6.07, 6.45) is 0. The van der Waals surface area contributed by atoms with E-state index in [-0.39, 0.29) is 22.5 Å². The number of benzene rings is 1. The number of esters is 1. The van der Waals surface area contributed by atoms with Crippen LogP contribution in [0.1, 0.15) is 20.8 Å². The Bertz CT molecular complexity index is 801. The molecule has 7 nitrogen and oxygen atoms in total. The first kappa shape index (κ1) is 15.4. The van der Waals surface area contributed by atoms with Crippen molar-refractivity contribution in [3.63, 3.8) is 0 Å². The lowest BCUT2D eigenvalue weighted by Crippen LogP contribution is -2.23. The standard InChI is InChI=1S/C14H12FN3O4/c1-18-12(19)6-5-11(17-18)13(20)16-8-3-4-10(15)9(7-8)14(21)22-2/h3-7H,1-2H3,(H,16,20). The minimum Gasteiger partial charge on any atom is -0.465 e. The van der Waals surface area contributed by atoms with Gasteiger partial charge in [-0.3, -0.25) is 9.59 Å². The third-order valence-electron chi connectivity index (χ3n) is 2.82. The molecule has 1 N–H and O–H groups in total. The van der Waals surface area contributed by atoms with Gasteiger partial charge in [0.05, 0.1) is 12.7 Å². The summed E-state index contributed by atoms with van der Waals surface area (Å²) in [4.78, 5) is 34.6. The van der Waals surface area contributed by atoms with Crippen LogP contribution in [0.5, 0.6) is 0 Å². The Labute approximate surface area is 124 Å². The molecule has 0 fully saturated rings. The zero-order valence-electron chi connectivity index (χ0n) is 11.8. The molecule has 0 aliphatic heterocycles. The second-order valence-electron chi connectivity index (χ2n) is 4.32. The van der Waals surface area contributed by atoms with Crippen molar-refractivity contribution in [3.05, 3.63) is 57.8 Å². The molecule has 0 bridgehead atoms. The zero-order valence-corrected chi connectivity index (χ0v) is 11.8. The molecule has 0 spiro atoms. The minimum absolute atomic E-state index is 0.00560. The molecule has 1 aromatic carbocycles. The van der Waals surface area contributed by atoms with Crippen LogP contribution < -0.4 is 10.9 Å². The average molecular weight is 305 g/mol. The third-order valence-corrected chi connectivity index (χ3v) is 2.82. The molecule has 0 saturated heterocycles. The maximum absolute atomic E-state index is 13.5. The lowest BCUT2D eigenvalue weighted by atomic mass is 10.2. The summed E-state index contributed by atoms with van der Waals surface area (Å²) in [6, 6.07) is 5.95. The number of carbonyl (C=O) groups excluding carboxylic acids is 2. The first-order valence-electron chi connectivity index (χ1n) is 6.16. The topological polar surface area (TPSA) is 90.3 Å². The Kier molecular flexibility index (Phi) is 4.31. The van der Waals surface area contributed by atoms with Crippen molar-refractivity contribution in [1.29, 1.82) is 0 Å². The van der Waals surface area contributed by atoms with Crippen molar-refractivity contribution in [3.8, 4) is 0 Å². The summed E-state index contributed by atoms with van der Waals surface area (Å²) in [5.41, 5.74) is -0.450. The van der Waals surface area contributed by atoms with E-state index in [0.717, 1.165) is 23.9 Å². The van der Waals surface area contributed by atoms with Crippen molar-refractivity contribution in [2.45, 2.75) is 0 Å². The number of hydrogen-bond donors (Lipinski definition) is 1. The van der Waals surface area contributed by atoms with Crippen molar-refractivity contribution < 1.29 is 18.7 Å². The number of rotatable bonds is 3. The van der Waals surface area contributed by atoms with Gasteiger partial charge < -0.3 is 10.1 Å². The van der Waals surface area contributed by atoms with Crippen molar-refractivity contribution in [1.82, 2.24) is 9.78 Å². The second-order valence-corrected chi connectivity index (χ2v) is 4.32. The molecule has 2 aromatic rings. The van der Waals surface area contributed by atoms with Crippen LogP contribution in [-0.2, 0) is 11.8 Å². The fraction of sp³-hybridized carbons (Fsp3) is 0.143. The Balaban J connectivity index is 2.26. The molecule has 114 valence electrons. The van der Waals surface area contributed by atoms with Gasteiger partial charge in [-0.05, 0) is 24.3 Å². The van der Waals surface area contributed by atoms with Crippen LogP contribution in [-0.4, -0.2) is 28.8 Å². The van der Waals surface area contributed by atoms with Crippen LogP contribution in [0.15, 0.2) is 35.1 Å². The monoisotopic (exact) mass is 305 g/mol. The van der Waals surface area contributed by atoms with Gasteiger partial charge in [-0.15, -0.1) is 0 Å². The number of methoxy groups -OCH3 is 1. The number of amides is 1. The predicted octanol–water partition coefficient (Wildman–Crippen LogP) is 0.958. The highest BCUT2D eigenvalue weighted by Crippen LogP contribution is 2.16. The van der Waals surface area contributed by atoms with E-state index in [2.05, 4.69) is 15.2 Å². The molecule has 0 aliphatic rings. The van der Waals surface area contributed by atoms with E-state index in [0.29, 0.717) is 0 Å². The molecule has 22 heavy (non-hydrogen) atoms. The fourth-order valence-electron chi connectivity index (χ4n) is 1.69. The maximum Gasteiger partial charge on any atom is 0.340 e. The van der Waals surface area contributed by atoms with Crippen LogP contribution in [0.2, 0.25) is 0 Å². The van der Waals surface area contributed by atoms with Gasteiger partial charge in [0.25, 0.3) is 11.5 Å². The summed E-state index contributed by atoms with van der Waals surface area (Å²) in [5.74, 6) is -2.21. The molecule has 0 saturated carbocycles. The molecular formula is C14H12FN3O4. The van der Waals surface area contributed by atoms with Crippen LogP contribution in [0.25, 0.3) is 0 Å². The third kappa shape index (κ3) is 3.17. The number of aryl methyl sites for hydroxylation is 1. The van der Waals surface area contributed by atoms with Gasteiger partial charge >= 0.3 is 5.97 Å². The molecule has 0 atom stereocenters. The average Bonchev–Trinajstić information content (AvgIpc) is 2.51. The lowest BCUT2D eigenvalue weighted by molar-refractivity contribution is 0.0595. The number of nitrogens with one attached hydrogen (secondary N) is 1. The smallest absolute Gasteiger partial charge is 0.340 e. The summed E-state index contributed by atoms with van der Waals surface area (Å²) >= 11 is 0. The van der Waals surface area contributed by atoms with Gasteiger partial charge in [-0.1, -0.05) is 0 Å². The highest BCUT2D eigenvalue weighted by atomic mass is 19.1. The van der Waals surface area contributed by atoms with E-state index in [4.69, 9.17) is 0 Å². The lowest BCUT2D eigenvalue weighted by Gasteiger charge is -2.07. The molecule has 2 rings (SSSR count). The van der Waals surface area contributed by atoms with Gasteiger partial charge in [-0.25, -0.2) is 13.9 Å². The van der Waals surface area contributed by atoms with Gasteiger partial charge in [0.1, 0.15) is 11.5 Å². The number of carbonyl (C=O) groups is 2. The van der Waals surface area contributed by atoms with E-state index in [1.165, 1.54) is 25.2 Å². The van der Waals surface area contributed by atoms with Crippen LogP contribution in [0.4, 0.5) is 10.1 Å². The highest BCUT2D eigenvalue weighted by molar-refractivity contribution is 6.03. The minimum atomic E-state index is -0.853. The molecule has 0 radical (unpaired) electrons. The molecule has 1 amide bonds. The fourth-order valence-corrected chi connectivity index (χ4v) is 1.69. The first-order valence-corrected chi connectivity index (χ1v) is 6.16. The molecule has 0 unspecified atom stereocenters. The normalized spacial score (nSPS) is 10.1. The van der Waals surface area contributed by atoms with Crippen LogP contribution >= 0.6 is 0 Å². The van der Waals surface area contributed by atoms with E-state index in [1.54, 1.807) is 0 Å². The van der Waals surface area contributed by atoms with Crippen molar-refractivity contribution in [2.75, 3.05) is 12.4 Å². The Morgan fingerprint density at radius 3 is 2.64 bits per heavy atom. The molecule has 8 heteroatoms. The van der Waals surface area contributed by atoms with Crippen molar-refractivity contribution in [2.24, 2.45) is 7.05 Å². The summed E-state index contributed by atoms with van der Waals surface area (Å²) in [5, 5.41) is 6.25. The highest BCUT2D eigenvalue weighted by Gasteiger charge is 2.15. The predicted molar refractivity (Wildman–Crippen MR) is 75.2 cm³/mol. The summed E-state index contributed by atoms with van der Waals surface area (Å²) < 4.78 is 19.0. The number of aromatic nitrogens is 2. The maximum atomic E-state index is 13.5. The van der Waals surface area contributed by atoms with Crippen LogP contribution in [0, 0.1) is 5.82 Å². The number of hydrogen-bond acceptors (Lipinski definition) is 5. The molecule has 1 heterocycles. The van der Waals surface area contributed by atoms with Gasteiger partial charge in [-0.2, -0.15) is 5.10 Å². The molecule has 0 aliphatic carbocycles. The van der Waals surface area contributed by atoms with E-state index in [9.17, 15) is 18.8 Å².